The molecule has 0 spiro atoms. The van der Waals surface area contributed by atoms with Crippen LogP contribution in [0.3, 0.4) is 0 Å². The van der Waals surface area contributed by atoms with Crippen molar-refractivity contribution in [3.63, 3.8) is 0 Å². The fraction of sp³-hybridized carbons (Fsp3) is 0.933. The second-order valence-electron chi connectivity index (χ2n) is 4.93. The number of unbranched alkanes of at least 4 members (excludes halogenated alkanes) is 3. The summed E-state index contributed by atoms with van der Waals surface area (Å²) >= 11 is 5.62. The standard InChI is InChI=1S/C15H31ClO5Si/c1-5-19-22(20-6-2,21-7-3)13-11-9-8-10-12-18-15(17)14(4)16/h14H,5-13H2,1-4H3. The molecule has 0 radical (unpaired) electrons. The summed E-state index contributed by atoms with van der Waals surface area (Å²) in [5.41, 5.74) is 0. The Hall–Kier alpha value is -0.143. The number of ether oxygens (including phenoxy) is 1. The van der Waals surface area contributed by atoms with Crippen molar-refractivity contribution in [2.75, 3.05) is 26.4 Å². The molecule has 0 bridgehead atoms. The summed E-state index contributed by atoms with van der Waals surface area (Å²) < 4.78 is 22.4. The first-order chi connectivity index (χ1) is 10.5. The Morgan fingerprint density at radius 2 is 1.45 bits per heavy atom. The van der Waals surface area contributed by atoms with Crippen molar-refractivity contribution >= 4 is 26.4 Å². The Balaban J connectivity index is 3.90. The first-order valence-corrected chi connectivity index (χ1v) is 10.6. The fourth-order valence-electron chi connectivity index (χ4n) is 2.09. The molecule has 0 aromatic carbocycles. The molecular weight excluding hydrogens is 324 g/mol. The normalized spacial score (nSPS) is 13.1. The number of hydrogen-bond donors (Lipinski definition) is 0. The first kappa shape index (κ1) is 21.9. The van der Waals surface area contributed by atoms with Crippen molar-refractivity contribution in [1.29, 1.82) is 0 Å². The van der Waals surface area contributed by atoms with Gasteiger partial charge in [-0.25, -0.2) is 0 Å². The molecule has 0 amide bonds. The second kappa shape index (κ2) is 13.3. The SMILES string of the molecule is CCO[Si](CCCCCCOC(=O)C(C)Cl)(OCC)OCC. The average Bonchev–Trinajstić information content (AvgIpc) is 2.46. The van der Waals surface area contributed by atoms with Crippen LogP contribution in [-0.4, -0.2) is 46.6 Å². The van der Waals surface area contributed by atoms with Crippen LogP contribution in [0.2, 0.25) is 6.04 Å². The zero-order chi connectivity index (χ0) is 16.8. The van der Waals surface area contributed by atoms with E-state index in [9.17, 15) is 4.79 Å². The van der Waals surface area contributed by atoms with Gasteiger partial charge >= 0.3 is 14.8 Å². The van der Waals surface area contributed by atoms with Crippen molar-refractivity contribution in [3.05, 3.63) is 0 Å². The largest absolute Gasteiger partial charge is 0.500 e. The van der Waals surface area contributed by atoms with Gasteiger partial charge in [0.1, 0.15) is 5.38 Å². The van der Waals surface area contributed by atoms with E-state index in [2.05, 4.69) is 0 Å². The predicted octanol–water partition coefficient (Wildman–Crippen LogP) is 3.77. The topological polar surface area (TPSA) is 54.0 Å². The van der Waals surface area contributed by atoms with Crippen LogP contribution >= 0.6 is 11.6 Å². The van der Waals surface area contributed by atoms with Crippen molar-refractivity contribution in [2.24, 2.45) is 0 Å². The van der Waals surface area contributed by atoms with E-state index in [0.29, 0.717) is 26.4 Å². The molecule has 7 heteroatoms. The van der Waals surface area contributed by atoms with E-state index >= 15 is 0 Å². The van der Waals surface area contributed by atoms with Crippen molar-refractivity contribution < 1.29 is 22.8 Å². The van der Waals surface area contributed by atoms with Gasteiger partial charge in [-0.1, -0.05) is 12.8 Å². The number of carbonyl (C=O) groups excluding carboxylic acids is 1. The number of hydrogen-bond acceptors (Lipinski definition) is 5. The molecule has 1 atom stereocenters. The lowest BCUT2D eigenvalue weighted by molar-refractivity contribution is -0.142. The molecule has 0 saturated carbocycles. The van der Waals surface area contributed by atoms with Gasteiger partial charge in [0, 0.05) is 25.9 Å². The Morgan fingerprint density at radius 3 is 1.91 bits per heavy atom. The van der Waals surface area contributed by atoms with Crippen LogP contribution in [0.1, 0.15) is 53.4 Å². The zero-order valence-electron chi connectivity index (χ0n) is 14.4. The lowest BCUT2D eigenvalue weighted by Gasteiger charge is -2.28. The molecule has 22 heavy (non-hydrogen) atoms. The van der Waals surface area contributed by atoms with Crippen LogP contribution in [0.15, 0.2) is 0 Å². The van der Waals surface area contributed by atoms with Gasteiger partial charge in [-0.15, -0.1) is 11.6 Å². The molecule has 0 aliphatic carbocycles. The van der Waals surface area contributed by atoms with Crippen molar-refractivity contribution in [3.8, 4) is 0 Å². The second-order valence-corrected chi connectivity index (χ2v) is 8.32. The summed E-state index contributed by atoms with van der Waals surface area (Å²) in [6.45, 7) is 9.77. The third-order valence-corrected chi connectivity index (χ3v) is 6.37. The molecule has 0 saturated heterocycles. The van der Waals surface area contributed by atoms with Crippen LogP contribution in [0.4, 0.5) is 0 Å². The molecule has 0 aromatic rings. The van der Waals surface area contributed by atoms with Crippen LogP contribution in [-0.2, 0) is 22.8 Å². The van der Waals surface area contributed by atoms with Crippen LogP contribution in [0.5, 0.6) is 0 Å². The van der Waals surface area contributed by atoms with E-state index < -0.39 is 14.2 Å². The van der Waals surface area contributed by atoms with Crippen LogP contribution in [0, 0.1) is 0 Å². The third kappa shape index (κ3) is 9.79. The lowest BCUT2D eigenvalue weighted by atomic mass is 10.2. The van der Waals surface area contributed by atoms with Gasteiger partial charge in [-0.05, 0) is 40.5 Å². The van der Waals surface area contributed by atoms with Crippen LogP contribution < -0.4 is 0 Å². The predicted molar refractivity (Wildman–Crippen MR) is 90.2 cm³/mol. The van der Waals surface area contributed by atoms with E-state index in [-0.39, 0.29) is 5.97 Å². The smallest absolute Gasteiger partial charge is 0.465 e. The monoisotopic (exact) mass is 354 g/mol. The van der Waals surface area contributed by atoms with Gasteiger partial charge in [0.05, 0.1) is 6.61 Å². The fourth-order valence-corrected chi connectivity index (χ4v) is 4.83. The highest BCUT2D eigenvalue weighted by atomic mass is 35.5. The maximum absolute atomic E-state index is 11.2. The van der Waals surface area contributed by atoms with E-state index in [1.165, 1.54) is 0 Å². The summed E-state index contributed by atoms with van der Waals surface area (Å²) in [7, 11) is -2.50. The molecule has 0 aromatic heterocycles. The third-order valence-electron chi connectivity index (χ3n) is 3.04. The molecule has 0 aliphatic heterocycles. The quantitative estimate of drug-likeness (QED) is 0.206. The maximum atomic E-state index is 11.2. The van der Waals surface area contributed by atoms with Crippen molar-refractivity contribution in [2.45, 2.75) is 64.8 Å². The van der Waals surface area contributed by atoms with Gasteiger partial charge in [-0.2, -0.15) is 0 Å². The molecule has 5 nitrogen and oxygen atoms in total. The average molecular weight is 355 g/mol. The molecule has 0 fully saturated rings. The highest BCUT2D eigenvalue weighted by Gasteiger charge is 2.39. The highest BCUT2D eigenvalue weighted by Crippen LogP contribution is 2.20. The van der Waals surface area contributed by atoms with Gasteiger partial charge in [-0.3, -0.25) is 4.79 Å². The molecule has 132 valence electrons. The number of rotatable bonds is 14. The van der Waals surface area contributed by atoms with E-state index in [4.69, 9.17) is 29.6 Å². The van der Waals surface area contributed by atoms with E-state index in [1.54, 1.807) is 6.92 Å². The minimum absolute atomic E-state index is 0.350. The van der Waals surface area contributed by atoms with Gasteiger partial charge in [0.2, 0.25) is 0 Å². The van der Waals surface area contributed by atoms with Gasteiger partial charge in [0.15, 0.2) is 0 Å². The summed E-state index contributed by atoms with van der Waals surface area (Å²) in [6, 6.07) is 0.834. The summed E-state index contributed by atoms with van der Waals surface area (Å²) in [5.74, 6) is -0.350. The molecule has 0 aliphatic rings. The summed E-state index contributed by atoms with van der Waals surface area (Å²) in [6.07, 6.45) is 3.88. The molecule has 0 rings (SSSR count). The van der Waals surface area contributed by atoms with E-state index in [1.807, 2.05) is 20.8 Å². The Bertz CT molecular complexity index is 272. The Morgan fingerprint density at radius 1 is 0.955 bits per heavy atom. The van der Waals surface area contributed by atoms with E-state index in [0.717, 1.165) is 31.7 Å². The molecular formula is C15H31ClO5Si. The van der Waals surface area contributed by atoms with Gasteiger partial charge < -0.3 is 18.0 Å². The lowest BCUT2D eigenvalue weighted by Crippen LogP contribution is -2.45. The highest BCUT2D eigenvalue weighted by molar-refractivity contribution is 6.60. The van der Waals surface area contributed by atoms with Gasteiger partial charge in [0.25, 0.3) is 0 Å². The number of halogens is 1. The molecule has 1 unspecified atom stereocenters. The number of alkyl halides is 1. The minimum atomic E-state index is -2.50. The number of carbonyl (C=O) groups is 1. The number of esters is 1. The Kier molecular flexibility index (Phi) is 13.2. The maximum Gasteiger partial charge on any atom is 0.500 e. The molecule has 0 heterocycles. The summed E-state index contributed by atoms with van der Waals surface area (Å²) in [5, 5.41) is -0.574. The van der Waals surface area contributed by atoms with Crippen molar-refractivity contribution in [1.82, 2.24) is 0 Å². The summed E-state index contributed by atoms with van der Waals surface area (Å²) in [4.78, 5) is 11.2. The van der Waals surface area contributed by atoms with Crippen LogP contribution in [0.25, 0.3) is 0 Å². The minimum Gasteiger partial charge on any atom is -0.465 e. The Labute approximate surface area is 141 Å². The molecule has 0 N–H and O–H groups in total. The first-order valence-electron chi connectivity index (χ1n) is 8.23. The zero-order valence-corrected chi connectivity index (χ0v) is 16.1.